The molecule has 0 aliphatic carbocycles. The molecular weight excluding hydrogens is 277 g/mol. The molecule has 0 aliphatic heterocycles. The molecule has 0 spiro atoms. The highest BCUT2D eigenvalue weighted by atomic mass is 19.4. The Morgan fingerprint density at radius 2 is 1.90 bits per heavy atom. The van der Waals surface area contributed by atoms with Crippen LogP contribution in [0.3, 0.4) is 0 Å². The molecule has 0 bridgehead atoms. The summed E-state index contributed by atoms with van der Waals surface area (Å²) in [4.78, 5) is 22.5. The number of hydrogen-bond donors (Lipinski definition) is 2. The molecule has 0 radical (unpaired) electrons. The molecule has 0 heterocycles. The number of nitrogens with one attached hydrogen (secondary N) is 2. The van der Waals surface area contributed by atoms with Crippen LogP contribution in [-0.2, 0) is 16.0 Å². The largest absolute Gasteiger partial charge is 0.440 e. The predicted molar refractivity (Wildman–Crippen MR) is 65.2 cm³/mol. The van der Waals surface area contributed by atoms with Crippen LogP contribution < -0.4 is 10.6 Å². The first-order valence-electron chi connectivity index (χ1n) is 5.61. The van der Waals surface area contributed by atoms with Gasteiger partial charge in [-0.1, -0.05) is 18.2 Å². The van der Waals surface area contributed by atoms with Crippen LogP contribution in [0.15, 0.2) is 24.3 Å². The van der Waals surface area contributed by atoms with Crippen molar-refractivity contribution >= 4 is 17.7 Å². The molecule has 1 rings (SSSR count). The van der Waals surface area contributed by atoms with Gasteiger partial charge < -0.3 is 10.1 Å². The minimum absolute atomic E-state index is 0.00771. The fourth-order valence-corrected chi connectivity index (χ4v) is 1.35. The van der Waals surface area contributed by atoms with E-state index in [1.807, 2.05) is 0 Å². The number of para-hydroxylation sites is 1. The normalized spacial score (nSPS) is 10.8. The van der Waals surface area contributed by atoms with E-state index in [9.17, 15) is 22.8 Å². The van der Waals surface area contributed by atoms with Gasteiger partial charge in [0.15, 0.2) is 6.61 Å². The molecule has 2 amide bonds. The number of amides is 2. The van der Waals surface area contributed by atoms with Gasteiger partial charge in [-0.3, -0.25) is 10.1 Å². The third kappa shape index (κ3) is 5.59. The second-order valence-electron chi connectivity index (χ2n) is 3.82. The summed E-state index contributed by atoms with van der Waals surface area (Å²) in [5.41, 5.74) is 0.694. The van der Waals surface area contributed by atoms with Gasteiger partial charge in [-0.2, -0.15) is 13.2 Å². The van der Waals surface area contributed by atoms with Crippen LogP contribution in [0, 0.1) is 0 Å². The van der Waals surface area contributed by atoms with E-state index >= 15 is 0 Å². The monoisotopic (exact) mass is 290 g/mol. The number of carbonyl (C=O) groups is 2. The quantitative estimate of drug-likeness (QED) is 0.892. The van der Waals surface area contributed by atoms with Crippen LogP contribution in [0.5, 0.6) is 0 Å². The number of carbonyl (C=O) groups excluding carboxylic acids is 2. The molecule has 0 aliphatic rings. The van der Waals surface area contributed by atoms with E-state index in [0.717, 1.165) is 0 Å². The van der Waals surface area contributed by atoms with Crippen molar-refractivity contribution in [1.82, 2.24) is 5.32 Å². The summed E-state index contributed by atoms with van der Waals surface area (Å²) >= 11 is 0. The van der Waals surface area contributed by atoms with Gasteiger partial charge in [0, 0.05) is 12.7 Å². The van der Waals surface area contributed by atoms with E-state index in [4.69, 9.17) is 0 Å². The first-order chi connectivity index (χ1) is 9.31. The Kier molecular flexibility index (Phi) is 5.36. The van der Waals surface area contributed by atoms with Crippen molar-refractivity contribution in [3.8, 4) is 0 Å². The maximum absolute atomic E-state index is 11.9. The molecular formula is C12H13F3N2O3. The van der Waals surface area contributed by atoms with Crippen molar-refractivity contribution in [2.75, 3.05) is 19.0 Å². The maximum atomic E-state index is 11.9. The first-order valence-corrected chi connectivity index (χ1v) is 5.61. The van der Waals surface area contributed by atoms with Crippen molar-refractivity contribution in [3.63, 3.8) is 0 Å². The van der Waals surface area contributed by atoms with E-state index in [1.165, 1.54) is 13.1 Å². The van der Waals surface area contributed by atoms with Gasteiger partial charge in [0.05, 0.1) is 6.42 Å². The molecule has 0 atom stereocenters. The van der Waals surface area contributed by atoms with Crippen molar-refractivity contribution in [2.45, 2.75) is 12.6 Å². The number of hydrogen-bond acceptors (Lipinski definition) is 3. The SMILES string of the molecule is CNC(=O)Cc1ccccc1NC(=O)OCC(F)(F)F. The summed E-state index contributed by atoms with van der Waals surface area (Å²) in [5.74, 6) is -0.289. The molecule has 8 heteroatoms. The Hall–Kier alpha value is -2.25. The van der Waals surface area contributed by atoms with Gasteiger partial charge in [-0.25, -0.2) is 4.79 Å². The standard InChI is InChI=1S/C12H13F3N2O3/c1-16-10(18)6-8-4-2-3-5-9(8)17-11(19)20-7-12(13,14)15/h2-5H,6-7H2,1H3,(H,16,18)(H,17,19). The lowest BCUT2D eigenvalue weighted by Gasteiger charge is -2.12. The molecule has 0 saturated heterocycles. The average molecular weight is 290 g/mol. The number of benzene rings is 1. The molecule has 1 aromatic carbocycles. The Morgan fingerprint density at radius 3 is 2.50 bits per heavy atom. The van der Waals surface area contributed by atoms with Crippen LogP contribution in [0.4, 0.5) is 23.7 Å². The topological polar surface area (TPSA) is 67.4 Å². The Morgan fingerprint density at radius 1 is 1.25 bits per heavy atom. The Labute approximate surface area is 113 Å². The number of alkyl halides is 3. The molecule has 5 nitrogen and oxygen atoms in total. The number of ether oxygens (including phenoxy) is 1. The van der Waals surface area contributed by atoms with E-state index in [0.29, 0.717) is 5.56 Å². The van der Waals surface area contributed by atoms with Crippen LogP contribution in [-0.4, -0.2) is 31.8 Å². The van der Waals surface area contributed by atoms with Gasteiger partial charge in [0.1, 0.15) is 0 Å². The lowest BCUT2D eigenvalue weighted by Crippen LogP contribution is -2.24. The van der Waals surface area contributed by atoms with Crippen molar-refractivity contribution in [3.05, 3.63) is 29.8 Å². The average Bonchev–Trinajstić information content (AvgIpc) is 2.38. The molecule has 110 valence electrons. The summed E-state index contributed by atoms with van der Waals surface area (Å²) in [6.07, 6.45) is -5.82. The van der Waals surface area contributed by atoms with E-state index in [-0.39, 0.29) is 18.0 Å². The fourth-order valence-electron chi connectivity index (χ4n) is 1.35. The van der Waals surface area contributed by atoms with Gasteiger partial charge in [0.25, 0.3) is 0 Å². The smallest absolute Gasteiger partial charge is 0.422 e. The number of likely N-dealkylation sites (N-methyl/N-ethyl adjacent to an activating group) is 1. The number of rotatable bonds is 4. The van der Waals surface area contributed by atoms with Crippen LogP contribution in [0.2, 0.25) is 0 Å². The third-order valence-corrected chi connectivity index (χ3v) is 2.25. The van der Waals surface area contributed by atoms with Crippen LogP contribution >= 0.6 is 0 Å². The lowest BCUT2D eigenvalue weighted by molar-refractivity contribution is -0.159. The second kappa shape index (κ2) is 6.78. The van der Waals surface area contributed by atoms with Gasteiger partial charge in [0.2, 0.25) is 5.91 Å². The lowest BCUT2D eigenvalue weighted by atomic mass is 10.1. The Balaban J connectivity index is 2.67. The highest BCUT2D eigenvalue weighted by molar-refractivity contribution is 5.88. The molecule has 1 aromatic rings. The minimum Gasteiger partial charge on any atom is -0.440 e. The van der Waals surface area contributed by atoms with Crippen LogP contribution in [0.1, 0.15) is 5.56 Å². The summed E-state index contributed by atoms with van der Waals surface area (Å²) in [7, 11) is 1.45. The van der Waals surface area contributed by atoms with Gasteiger partial charge >= 0.3 is 12.3 Å². The van der Waals surface area contributed by atoms with E-state index < -0.39 is 18.9 Å². The number of halogens is 3. The predicted octanol–water partition coefficient (Wildman–Crippen LogP) is 2.09. The van der Waals surface area contributed by atoms with E-state index in [1.54, 1.807) is 18.2 Å². The third-order valence-electron chi connectivity index (χ3n) is 2.25. The van der Waals surface area contributed by atoms with E-state index in [2.05, 4.69) is 15.4 Å². The summed E-state index contributed by atoms with van der Waals surface area (Å²) in [5, 5.41) is 4.58. The van der Waals surface area contributed by atoms with Crippen molar-refractivity contribution < 1.29 is 27.5 Å². The van der Waals surface area contributed by atoms with Crippen molar-refractivity contribution in [1.29, 1.82) is 0 Å². The summed E-state index contributed by atoms with van der Waals surface area (Å²) < 4.78 is 39.7. The number of anilines is 1. The summed E-state index contributed by atoms with van der Waals surface area (Å²) in [6, 6.07) is 6.26. The zero-order chi connectivity index (χ0) is 15.2. The molecule has 20 heavy (non-hydrogen) atoms. The fraction of sp³-hybridized carbons (Fsp3) is 0.333. The Bertz CT molecular complexity index is 489. The molecule has 0 fully saturated rings. The zero-order valence-electron chi connectivity index (χ0n) is 10.6. The summed E-state index contributed by atoms with van der Waals surface area (Å²) in [6.45, 7) is -1.67. The molecule has 0 aromatic heterocycles. The van der Waals surface area contributed by atoms with Gasteiger partial charge in [-0.05, 0) is 11.6 Å². The minimum atomic E-state index is -4.58. The van der Waals surface area contributed by atoms with Crippen LogP contribution in [0.25, 0.3) is 0 Å². The second-order valence-corrected chi connectivity index (χ2v) is 3.82. The van der Waals surface area contributed by atoms with Crippen molar-refractivity contribution in [2.24, 2.45) is 0 Å². The molecule has 0 saturated carbocycles. The maximum Gasteiger partial charge on any atom is 0.422 e. The molecule has 2 N–H and O–H groups in total. The first kappa shape index (κ1) is 15.8. The van der Waals surface area contributed by atoms with Gasteiger partial charge in [-0.15, -0.1) is 0 Å². The molecule has 0 unspecified atom stereocenters. The highest BCUT2D eigenvalue weighted by Gasteiger charge is 2.29. The highest BCUT2D eigenvalue weighted by Crippen LogP contribution is 2.18. The zero-order valence-corrected chi connectivity index (χ0v) is 10.6.